The lowest BCUT2D eigenvalue weighted by molar-refractivity contribution is -0.875. The van der Waals surface area contributed by atoms with Gasteiger partial charge in [-0.25, -0.2) is 0 Å². The van der Waals surface area contributed by atoms with Gasteiger partial charge in [0.2, 0.25) is 5.34 Å². The third-order valence-electron chi connectivity index (χ3n) is 3.42. The molecule has 0 heterocycles. The van der Waals surface area contributed by atoms with Crippen molar-refractivity contribution in [3.05, 3.63) is 0 Å². The van der Waals surface area contributed by atoms with Crippen LogP contribution in [0.2, 0.25) is 0 Å². The Morgan fingerprint density at radius 2 is 1.52 bits per heavy atom. The Morgan fingerprint density at radius 3 is 1.95 bits per heavy atom. The van der Waals surface area contributed by atoms with Crippen molar-refractivity contribution < 1.29 is 23.9 Å². The number of hydrogen-bond acceptors (Lipinski definition) is 2. The van der Waals surface area contributed by atoms with Crippen LogP contribution >= 0.6 is 7.60 Å². The van der Waals surface area contributed by atoms with Crippen LogP contribution in [0.3, 0.4) is 0 Å². The van der Waals surface area contributed by atoms with Crippen molar-refractivity contribution in [2.24, 2.45) is 0 Å². The van der Waals surface area contributed by atoms with Gasteiger partial charge in [0.25, 0.3) is 0 Å². The Morgan fingerprint density at radius 1 is 1.05 bits per heavy atom. The summed E-state index contributed by atoms with van der Waals surface area (Å²) in [6, 6.07) is 0. The molecular weight excluding hydrogens is 289 g/mol. The molecule has 0 aliphatic heterocycles. The highest BCUT2D eigenvalue weighted by Gasteiger charge is 2.48. The van der Waals surface area contributed by atoms with E-state index in [1.165, 1.54) is 0 Å². The Balaban J connectivity index is 4.17. The van der Waals surface area contributed by atoms with E-state index in [-0.39, 0.29) is 13.0 Å². The Labute approximate surface area is 129 Å². The van der Waals surface area contributed by atoms with Crippen LogP contribution < -0.4 is 0 Å². The second-order valence-electron chi connectivity index (χ2n) is 6.80. The summed E-state index contributed by atoms with van der Waals surface area (Å²) >= 11 is 0. The first-order valence-corrected chi connectivity index (χ1v) is 9.15. The quantitative estimate of drug-likeness (QED) is 0.236. The molecule has 0 spiro atoms. The molecule has 0 saturated heterocycles. The smallest absolute Gasteiger partial charge is 0.362 e. The number of likely N-dealkylation sites (N-methyl/N-ethyl adjacent to an activating group) is 1. The predicted octanol–water partition coefficient (Wildman–Crippen LogP) is 2.31. The third kappa shape index (κ3) is 9.29. The lowest BCUT2D eigenvalue weighted by atomic mass is 10.1. The normalized spacial score (nSPS) is 15.5. The number of aliphatic hydroxyl groups is 1. The number of hydrogen-bond donors (Lipinski definition) is 3. The second kappa shape index (κ2) is 8.92. The molecule has 124 valence electrons. The molecule has 3 N–H and O–H groups in total. The Kier molecular flexibility index (Phi) is 8.77. The molecule has 0 amide bonds. The highest BCUT2D eigenvalue weighted by atomic mass is 31.2. The van der Waals surface area contributed by atoms with Crippen LogP contribution in [-0.2, 0) is 4.57 Å². The van der Waals surface area contributed by atoms with Crippen molar-refractivity contribution in [1.82, 2.24) is 0 Å². The molecule has 1 atom stereocenters. The van der Waals surface area contributed by atoms with Crippen LogP contribution in [-0.4, -0.2) is 52.4 Å². The van der Waals surface area contributed by atoms with Gasteiger partial charge in [0.05, 0.1) is 21.1 Å². The maximum Gasteiger partial charge on any atom is 0.362 e. The monoisotopic (exact) mass is 320 g/mol. The van der Waals surface area contributed by atoms with Gasteiger partial charge in [0.15, 0.2) is 0 Å². The van der Waals surface area contributed by atoms with E-state index in [9.17, 15) is 19.5 Å². The number of rotatable bonds is 11. The van der Waals surface area contributed by atoms with E-state index >= 15 is 0 Å². The molecule has 0 aromatic heterocycles. The van der Waals surface area contributed by atoms with Crippen LogP contribution in [0.5, 0.6) is 0 Å². The topological polar surface area (TPSA) is 77.8 Å². The fourth-order valence-corrected chi connectivity index (χ4v) is 3.48. The standard InChI is InChI=1S/C15H30NO4P/c1-5-6-7-8-9-10-11-12-13-15(17,21(18,19)20)14-16(2,3)4/h1,17H,6-14H2,2-4H3,(H-,18,19,20)/p+1. The second-order valence-corrected chi connectivity index (χ2v) is 8.72. The summed E-state index contributed by atoms with van der Waals surface area (Å²) in [6.07, 6.45) is 11.8. The van der Waals surface area contributed by atoms with Gasteiger partial charge in [-0.05, 0) is 19.3 Å². The van der Waals surface area contributed by atoms with Crippen molar-refractivity contribution in [2.75, 3.05) is 27.7 Å². The van der Waals surface area contributed by atoms with Gasteiger partial charge < -0.3 is 19.4 Å². The fraction of sp³-hybridized carbons (Fsp3) is 0.867. The number of unbranched alkanes of at least 4 members (excludes halogenated alkanes) is 6. The molecule has 0 fully saturated rings. The van der Waals surface area contributed by atoms with E-state index in [0.29, 0.717) is 10.9 Å². The van der Waals surface area contributed by atoms with Crippen molar-refractivity contribution in [3.63, 3.8) is 0 Å². The maximum absolute atomic E-state index is 11.6. The zero-order valence-corrected chi connectivity index (χ0v) is 14.5. The largest absolute Gasteiger partial charge is 0.373 e. The first-order valence-electron chi connectivity index (χ1n) is 7.54. The van der Waals surface area contributed by atoms with Crippen molar-refractivity contribution in [1.29, 1.82) is 0 Å². The van der Waals surface area contributed by atoms with Gasteiger partial charge >= 0.3 is 7.60 Å². The van der Waals surface area contributed by atoms with Gasteiger partial charge in [-0.15, -0.1) is 12.3 Å². The van der Waals surface area contributed by atoms with Crippen LogP contribution in [0, 0.1) is 12.3 Å². The predicted molar refractivity (Wildman–Crippen MR) is 85.7 cm³/mol. The first kappa shape index (κ1) is 20.6. The third-order valence-corrected chi connectivity index (χ3v) is 4.87. The van der Waals surface area contributed by atoms with Crippen LogP contribution in [0.4, 0.5) is 0 Å². The number of nitrogens with zero attached hydrogens (tertiary/aromatic N) is 1. The average Bonchev–Trinajstić information content (AvgIpc) is 2.29. The Bertz CT molecular complexity index is 380. The molecule has 0 aromatic rings. The molecule has 6 heteroatoms. The highest BCUT2D eigenvalue weighted by molar-refractivity contribution is 7.53. The summed E-state index contributed by atoms with van der Waals surface area (Å²) in [6.45, 7) is 0.0411. The highest BCUT2D eigenvalue weighted by Crippen LogP contribution is 2.52. The van der Waals surface area contributed by atoms with E-state index in [1.807, 2.05) is 21.1 Å². The summed E-state index contributed by atoms with van der Waals surface area (Å²) in [5.41, 5.74) is 0. The molecule has 1 unspecified atom stereocenters. The minimum absolute atomic E-state index is 0.0411. The van der Waals surface area contributed by atoms with Crippen LogP contribution in [0.25, 0.3) is 0 Å². The van der Waals surface area contributed by atoms with Crippen molar-refractivity contribution in [2.45, 2.75) is 56.7 Å². The summed E-state index contributed by atoms with van der Waals surface area (Å²) in [7, 11) is 0.898. The molecule has 21 heavy (non-hydrogen) atoms. The van der Waals surface area contributed by atoms with E-state index in [1.54, 1.807) is 0 Å². The zero-order chi connectivity index (χ0) is 16.6. The minimum atomic E-state index is -4.54. The molecule has 5 nitrogen and oxygen atoms in total. The van der Waals surface area contributed by atoms with E-state index in [4.69, 9.17) is 6.42 Å². The summed E-state index contributed by atoms with van der Waals surface area (Å²) in [4.78, 5) is 18.9. The van der Waals surface area contributed by atoms with Gasteiger partial charge in [-0.2, -0.15) is 0 Å². The first-order chi connectivity index (χ1) is 9.52. The SMILES string of the molecule is C#CCCCCCCCCC(O)(C[N+](C)(C)C)P(=O)(O)O. The molecule has 0 aliphatic rings. The van der Waals surface area contributed by atoms with Crippen molar-refractivity contribution >= 4 is 7.60 Å². The van der Waals surface area contributed by atoms with Crippen molar-refractivity contribution in [3.8, 4) is 12.3 Å². The lowest BCUT2D eigenvalue weighted by Gasteiger charge is -2.35. The minimum Gasteiger partial charge on any atom is -0.373 e. The van der Waals surface area contributed by atoms with E-state index in [2.05, 4.69) is 5.92 Å². The zero-order valence-electron chi connectivity index (χ0n) is 13.6. The van der Waals surface area contributed by atoms with E-state index in [0.717, 1.165) is 38.5 Å². The average molecular weight is 320 g/mol. The number of quaternary nitrogens is 1. The molecule has 0 saturated carbocycles. The molecule has 0 radical (unpaired) electrons. The fourth-order valence-electron chi connectivity index (χ4n) is 2.42. The Hall–Kier alpha value is -0.370. The summed E-state index contributed by atoms with van der Waals surface area (Å²) in [5, 5.41) is 8.43. The summed E-state index contributed by atoms with van der Waals surface area (Å²) < 4.78 is 11.9. The lowest BCUT2D eigenvalue weighted by Crippen LogP contribution is -2.49. The van der Waals surface area contributed by atoms with Gasteiger partial charge in [0, 0.05) is 6.42 Å². The van der Waals surface area contributed by atoms with E-state index < -0.39 is 12.9 Å². The molecule has 0 bridgehead atoms. The number of terminal acetylenes is 1. The molecule has 0 aromatic carbocycles. The van der Waals surface area contributed by atoms with Gasteiger partial charge in [-0.1, -0.05) is 25.7 Å². The van der Waals surface area contributed by atoms with Crippen LogP contribution in [0.1, 0.15) is 51.4 Å². The maximum atomic E-state index is 11.6. The van der Waals surface area contributed by atoms with Crippen LogP contribution in [0.15, 0.2) is 0 Å². The van der Waals surface area contributed by atoms with Gasteiger partial charge in [0.1, 0.15) is 6.54 Å². The summed E-state index contributed by atoms with van der Waals surface area (Å²) in [5.74, 6) is 2.61. The molecule has 0 rings (SSSR count). The molecule has 0 aliphatic carbocycles. The van der Waals surface area contributed by atoms with Gasteiger partial charge in [-0.3, -0.25) is 4.57 Å². The molecular formula is C15H31NO4P+.